The zero-order chi connectivity index (χ0) is 37.5. The van der Waals surface area contributed by atoms with Crippen LogP contribution in [0, 0.1) is 0 Å². The van der Waals surface area contributed by atoms with Gasteiger partial charge < -0.3 is 9.32 Å². The maximum Gasteiger partial charge on any atom is 0.137 e. The third-order valence-corrected chi connectivity index (χ3v) is 11.8. The lowest BCUT2D eigenvalue weighted by Crippen LogP contribution is -2.17. The van der Waals surface area contributed by atoms with Gasteiger partial charge in [-0.05, 0) is 97.1 Å². The molecule has 0 radical (unpaired) electrons. The summed E-state index contributed by atoms with van der Waals surface area (Å²) in [5.74, 6) is 0. The van der Waals surface area contributed by atoms with E-state index in [-0.39, 0.29) is 10.8 Å². The van der Waals surface area contributed by atoms with Crippen LogP contribution in [0.25, 0.3) is 66.1 Å². The van der Waals surface area contributed by atoms with Gasteiger partial charge in [-0.1, -0.05) is 162 Å². The lowest BCUT2D eigenvalue weighted by molar-refractivity contribution is 0.584. The number of fused-ring (bicyclic) bond motifs is 7. The lowest BCUT2D eigenvalue weighted by Gasteiger charge is -2.29. The van der Waals surface area contributed by atoms with Gasteiger partial charge in [0.25, 0.3) is 0 Å². The Bertz CT molecular complexity index is 2950. The molecule has 0 fully saturated rings. The van der Waals surface area contributed by atoms with E-state index in [1.54, 1.807) is 0 Å². The molecule has 9 aromatic rings. The van der Waals surface area contributed by atoms with E-state index in [2.05, 4.69) is 203 Å². The van der Waals surface area contributed by atoms with Crippen molar-refractivity contribution < 1.29 is 4.42 Å². The van der Waals surface area contributed by atoms with Crippen molar-refractivity contribution >= 4 is 49.8 Å². The smallest absolute Gasteiger partial charge is 0.137 e. The fourth-order valence-electron chi connectivity index (χ4n) is 8.95. The Kier molecular flexibility index (Phi) is 7.44. The topological polar surface area (TPSA) is 16.4 Å². The molecule has 0 N–H and O–H groups in total. The average molecular weight is 710 g/mol. The molecule has 2 heteroatoms. The van der Waals surface area contributed by atoms with Crippen molar-refractivity contribution in [3.8, 4) is 33.4 Å². The predicted molar refractivity (Wildman–Crippen MR) is 233 cm³/mol. The molecule has 10 rings (SSSR count). The van der Waals surface area contributed by atoms with Gasteiger partial charge in [-0.2, -0.15) is 0 Å². The van der Waals surface area contributed by atoms with Crippen LogP contribution in [0.5, 0.6) is 0 Å². The second-order valence-corrected chi connectivity index (χ2v) is 16.6. The summed E-state index contributed by atoms with van der Waals surface area (Å²) in [6, 6.07) is 62.1. The van der Waals surface area contributed by atoms with Crippen molar-refractivity contribution in [1.29, 1.82) is 0 Å². The molecular formula is C53H43NO. The molecule has 0 spiro atoms. The third-order valence-electron chi connectivity index (χ3n) is 11.8. The third kappa shape index (κ3) is 5.31. The van der Waals surface area contributed by atoms with E-state index in [0.717, 1.165) is 39.0 Å². The number of rotatable bonds is 5. The van der Waals surface area contributed by atoms with E-state index in [4.69, 9.17) is 4.42 Å². The molecule has 2 nitrogen and oxygen atoms in total. The molecule has 0 aliphatic heterocycles. The van der Waals surface area contributed by atoms with Crippen molar-refractivity contribution in [2.75, 3.05) is 4.90 Å². The van der Waals surface area contributed by atoms with E-state index < -0.39 is 0 Å². The molecule has 55 heavy (non-hydrogen) atoms. The molecule has 1 heterocycles. The summed E-state index contributed by atoms with van der Waals surface area (Å²) in [5, 5.41) is 4.73. The van der Waals surface area contributed by atoms with Crippen LogP contribution in [0.3, 0.4) is 0 Å². The highest BCUT2D eigenvalue weighted by Gasteiger charge is 2.38. The van der Waals surface area contributed by atoms with Gasteiger partial charge in [0.2, 0.25) is 0 Å². The summed E-state index contributed by atoms with van der Waals surface area (Å²) in [6.45, 7) is 11.7. The molecule has 0 unspecified atom stereocenters. The Hall–Kier alpha value is -6.38. The number of para-hydroxylation sites is 2. The largest absolute Gasteiger partial charge is 0.456 e. The van der Waals surface area contributed by atoms with E-state index in [1.807, 2.05) is 6.07 Å². The van der Waals surface area contributed by atoms with Crippen molar-refractivity contribution in [3.63, 3.8) is 0 Å². The molecule has 1 aliphatic rings. The molecule has 0 saturated carbocycles. The lowest BCUT2D eigenvalue weighted by atomic mass is 9.79. The van der Waals surface area contributed by atoms with Gasteiger partial charge in [-0.15, -0.1) is 0 Å². The first-order valence-electron chi connectivity index (χ1n) is 19.3. The van der Waals surface area contributed by atoms with Crippen molar-refractivity contribution in [3.05, 3.63) is 187 Å². The van der Waals surface area contributed by atoms with E-state index in [1.165, 1.54) is 60.8 Å². The second kappa shape index (κ2) is 12.3. The first-order valence-corrected chi connectivity index (χ1v) is 19.3. The molecule has 266 valence electrons. The minimum absolute atomic E-state index is 0.0668. The quantitative estimate of drug-likeness (QED) is 0.177. The van der Waals surface area contributed by atoms with Gasteiger partial charge in [0.05, 0.1) is 5.69 Å². The van der Waals surface area contributed by atoms with E-state index >= 15 is 0 Å². The van der Waals surface area contributed by atoms with E-state index in [9.17, 15) is 0 Å². The minimum Gasteiger partial charge on any atom is -0.456 e. The van der Waals surface area contributed by atoms with Crippen LogP contribution in [0.4, 0.5) is 17.1 Å². The number of hydrogen-bond acceptors (Lipinski definition) is 2. The number of hydrogen-bond donors (Lipinski definition) is 0. The van der Waals surface area contributed by atoms with Crippen LogP contribution >= 0.6 is 0 Å². The maximum atomic E-state index is 6.50. The van der Waals surface area contributed by atoms with Gasteiger partial charge in [0.15, 0.2) is 0 Å². The monoisotopic (exact) mass is 709 g/mol. The molecular weight excluding hydrogens is 667 g/mol. The van der Waals surface area contributed by atoms with Crippen LogP contribution in [0.15, 0.2) is 174 Å². The molecule has 8 aromatic carbocycles. The Labute approximate surface area is 323 Å². The molecule has 1 aliphatic carbocycles. The number of nitrogens with zero attached hydrogens (tertiary/aromatic N) is 1. The van der Waals surface area contributed by atoms with Crippen molar-refractivity contribution in [1.82, 2.24) is 0 Å². The van der Waals surface area contributed by atoms with Crippen LogP contribution in [0.1, 0.15) is 51.3 Å². The maximum absolute atomic E-state index is 6.50. The summed E-state index contributed by atoms with van der Waals surface area (Å²) in [5.41, 5.74) is 16.5. The zero-order valence-corrected chi connectivity index (χ0v) is 32.0. The van der Waals surface area contributed by atoms with Gasteiger partial charge in [-0.3, -0.25) is 0 Å². The highest BCUT2D eigenvalue weighted by molar-refractivity contribution is 6.07. The summed E-state index contributed by atoms with van der Waals surface area (Å²) in [6.07, 6.45) is 0. The fourth-order valence-corrected chi connectivity index (χ4v) is 8.95. The number of anilines is 3. The Morgan fingerprint density at radius 3 is 2.02 bits per heavy atom. The highest BCUT2D eigenvalue weighted by Crippen LogP contribution is 2.54. The average Bonchev–Trinajstić information content (AvgIpc) is 3.69. The standard InChI is InChI=1S/C53H43NO/c1-52(2,3)36-27-29-45-47(32-36)53(4,5)46-24-14-23-44(51(45)46)41-20-8-10-25-48(41)54(38-28-30-43-42-21-9-11-26-49(42)55-50(43)33-38)37-18-12-17-35(31-37)40-22-13-16-34-15-6-7-19-39(34)40/h6-33H,1-5H3. The molecule has 1 aromatic heterocycles. The molecule has 0 atom stereocenters. The summed E-state index contributed by atoms with van der Waals surface area (Å²) in [7, 11) is 0. The molecule has 0 amide bonds. The van der Waals surface area contributed by atoms with Crippen molar-refractivity contribution in [2.24, 2.45) is 0 Å². The van der Waals surface area contributed by atoms with Crippen LogP contribution in [-0.2, 0) is 10.8 Å². The van der Waals surface area contributed by atoms with Crippen LogP contribution in [-0.4, -0.2) is 0 Å². The molecule has 0 saturated heterocycles. The first kappa shape index (κ1) is 33.2. The van der Waals surface area contributed by atoms with Gasteiger partial charge >= 0.3 is 0 Å². The SMILES string of the molecule is CC(C)(C)c1ccc2c(c1)C(C)(C)c1cccc(-c3ccccc3N(c3cccc(-c4cccc5ccccc45)c3)c3ccc4c(c3)oc3ccccc34)c1-2. The van der Waals surface area contributed by atoms with Gasteiger partial charge in [0.1, 0.15) is 11.2 Å². The van der Waals surface area contributed by atoms with Gasteiger partial charge in [-0.25, -0.2) is 0 Å². The minimum atomic E-state index is -0.129. The number of furan rings is 1. The predicted octanol–water partition coefficient (Wildman–Crippen LogP) is 15.1. The van der Waals surface area contributed by atoms with Crippen LogP contribution < -0.4 is 4.90 Å². The first-order chi connectivity index (χ1) is 26.7. The Morgan fingerprint density at radius 2 is 1.15 bits per heavy atom. The molecule has 0 bridgehead atoms. The number of benzene rings is 8. The summed E-state index contributed by atoms with van der Waals surface area (Å²) < 4.78 is 6.50. The highest BCUT2D eigenvalue weighted by atomic mass is 16.3. The second-order valence-electron chi connectivity index (χ2n) is 16.6. The van der Waals surface area contributed by atoms with E-state index in [0.29, 0.717) is 0 Å². The Balaban J connectivity index is 1.21. The van der Waals surface area contributed by atoms with Gasteiger partial charge in [0, 0.05) is 39.2 Å². The normalized spacial score (nSPS) is 13.3. The zero-order valence-electron chi connectivity index (χ0n) is 32.0. The van der Waals surface area contributed by atoms with Crippen molar-refractivity contribution in [2.45, 2.75) is 45.4 Å². The van der Waals surface area contributed by atoms with Crippen LogP contribution in [0.2, 0.25) is 0 Å². The fraction of sp³-hybridized carbons (Fsp3) is 0.132. The summed E-state index contributed by atoms with van der Waals surface area (Å²) >= 11 is 0. The summed E-state index contributed by atoms with van der Waals surface area (Å²) in [4.78, 5) is 2.42. The Morgan fingerprint density at radius 1 is 0.473 bits per heavy atom.